The number of carboxylic acids is 1. The smallest absolute Gasteiger partial charge is 0.303 e. The molecule has 6 nitrogen and oxygen atoms in total. The highest BCUT2D eigenvalue weighted by molar-refractivity contribution is 7.98. The maximum absolute atomic E-state index is 10.4. The monoisotopic (exact) mass is 353 g/mol. The second kappa shape index (κ2) is 10.2. The van der Waals surface area contributed by atoms with Gasteiger partial charge in [0, 0.05) is 18.1 Å². The molecule has 24 heavy (non-hydrogen) atoms. The summed E-state index contributed by atoms with van der Waals surface area (Å²) in [5, 5.41) is 10.7. The van der Waals surface area contributed by atoms with Crippen LogP contribution in [0.4, 0.5) is 0 Å². The fourth-order valence-corrected chi connectivity index (χ4v) is 2.78. The molecule has 2 rings (SSSR count). The fourth-order valence-electron chi connectivity index (χ4n) is 2.23. The molecule has 0 radical (unpaired) electrons. The molecule has 132 valence electrons. The van der Waals surface area contributed by atoms with Gasteiger partial charge in [-0.3, -0.25) is 4.79 Å². The van der Waals surface area contributed by atoms with Gasteiger partial charge in [-0.2, -0.15) is 4.28 Å². The molecular weight excluding hydrogens is 330 g/mol. The van der Waals surface area contributed by atoms with Crippen LogP contribution in [0.2, 0.25) is 0 Å². The van der Waals surface area contributed by atoms with E-state index in [0.717, 1.165) is 30.6 Å². The van der Waals surface area contributed by atoms with E-state index in [2.05, 4.69) is 0 Å². The highest BCUT2D eigenvalue weighted by atomic mass is 32.2. The Balaban J connectivity index is 1.73. The number of nitrogens with zero attached hydrogens (tertiary/aromatic N) is 1. The largest absolute Gasteiger partial charge is 0.493 e. The number of ether oxygens (including phenoxy) is 1. The SMILES string of the molecule is CCOc1ccccc1C=C1ON(CCCCCCC(=O)O)OS1. The number of para-hydroxylation sites is 1. The first-order chi connectivity index (χ1) is 11.7. The van der Waals surface area contributed by atoms with Gasteiger partial charge in [0.15, 0.2) is 0 Å². The van der Waals surface area contributed by atoms with E-state index in [-0.39, 0.29) is 6.42 Å². The first-order valence-electron chi connectivity index (χ1n) is 8.14. The van der Waals surface area contributed by atoms with Crippen LogP contribution in [0.1, 0.15) is 44.6 Å². The lowest BCUT2D eigenvalue weighted by atomic mass is 10.1. The van der Waals surface area contributed by atoms with Crippen molar-refractivity contribution >= 4 is 24.1 Å². The van der Waals surface area contributed by atoms with Crippen LogP contribution >= 0.6 is 12.0 Å². The molecule has 0 bridgehead atoms. The molecular formula is C17H23NO5S. The Hall–Kier alpha value is -1.70. The van der Waals surface area contributed by atoms with Crippen LogP contribution in [0, 0.1) is 0 Å². The molecule has 7 heteroatoms. The van der Waals surface area contributed by atoms with Gasteiger partial charge in [0.1, 0.15) is 5.75 Å². The minimum atomic E-state index is -0.736. The second-order valence-corrected chi connectivity index (χ2v) is 6.02. The molecule has 0 aromatic heterocycles. The van der Waals surface area contributed by atoms with Gasteiger partial charge < -0.3 is 14.7 Å². The van der Waals surface area contributed by atoms with Crippen molar-refractivity contribution in [2.75, 3.05) is 13.2 Å². The lowest BCUT2D eigenvalue weighted by Gasteiger charge is -2.10. The Labute approximate surface area is 146 Å². The summed E-state index contributed by atoms with van der Waals surface area (Å²) in [6.07, 6.45) is 5.58. The van der Waals surface area contributed by atoms with Crippen LogP contribution in [-0.4, -0.2) is 29.5 Å². The average Bonchev–Trinajstić information content (AvgIpc) is 3.00. The summed E-state index contributed by atoms with van der Waals surface area (Å²) in [7, 11) is 0. The number of unbranched alkanes of at least 4 members (excludes halogenated alkanes) is 3. The van der Waals surface area contributed by atoms with Crippen molar-refractivity contribution < 1.29 is 23.8 Å². The summed E-state index contributed by atoms with van der Waals surface area (Å²) in [6, 6.07) is 7.77. The second-order valence-electron chi connectivity index (χ2n) is 5.30. The highest BCUT2D eigenvalue weighted by Gasteiger charge is 2.21. The molecule has 1 aliphatic heterocycles. The molecule has 0 unspecified atom stereocenters. The normalized spacial score (nSPS) is 16.3. The van der Waals surface area contributed by atoms with Crippen molar-refractivity contribution in [3.05, 3.63) is 34.9 Å². The van der Waals surface area contributed by atoms with Crippen LogP contribution in [0.25, 0.3) is 6.08 Å². The van der Waals surface area contributed by atoms with Gasteiger partial charge in [0.25, 0.3) is 0 Å². The first-order valence-corrected chi connectivity index (χ1v) is 8.88. The summed E-state index contributed by atoms with van der Waals surface area (Å²) in [5.41, 5.74) is 0.945. The third-order valence-electron chi connectivity index (χ3n) is 3.37. The van der Waals surface area contributed by atoms with Crippen LogP contribution in [-0.2, 0) is 13.9 Å². The Bertz CT molecular complexity index is 564. The lowest BCUT2D eigenvalue weighted by Crippen LogP contribution is -2.16. The van der Waals surface area contributed by atoms with Crippen molar-refractivity contribution in [1.29, 1.82) is 0 Å². The number of hydrogen-bond donors (Lipinski definition) is 1. The van der Waals surface area contributed by atoms with E-state index >= 15 is 0 Å². The van der Waals surface area contributed by atoms with E-state index in [1.165, 1.54) is 17.3 Å². The van der Waals surface area contributed by atoms with Crippen molar-refractivity contribution in [2.45, 2.75) is 39.0 Å². The standard InChI is InChI=1S/C17H23NO5S/c1-2-21-15-10-7-6-9-14(15)13-17-22-18(23-24-17)12-8-4-3-5-11-16(19)20/h6-7,9-10,13H,2-5,8,11-12H2,1H3,(H,19,20). The number of benzene rings is 1. The van der Waals surface area contributed by atoms with Crippen molar-refractivity contribution in [1.82, 2.24) is 5.23 Å². The molecule has 1 fully saturated rings. The van der Waals surface area contributed by atoms with Crippen LogP contribution < -0.4 is 4.74 Å². The summed E-state index contributed by atoms with van der Waals surface area (Å²) in [5.74, 6) is 0.0771. The van der Waals surface area contributed by atoms with Crippen LogP contribution in [0.3, 0.4) is 0 Å². The first kappa shape index (κ1) is 18.6. The van der Waals surface area contributed by atoms with E-state index in [0.29, 0.717) is 24.7 Å². The molecule has 1 heterocycles. The van der Waals surface area contributed by atoms with Gasteiger partial charge in [0.2, 0.25) is 5.09 Å². The molecule has 1 aromatic rings. The summed E-state index contributed by atoms with van der Waals surface area (Å²) >= 11 is 1.18. The predicted octanol–water partition coefficient (Wildman–Crippen LogP) is 4.25. The van der Waals surface area contributed by atoms with E-state index in [1.54, 1.807) is 0 Å². The number of carbonyl (C=O) groups is 1. The molecule has 1 aliphatic rings. The molecule has 1 saturated heterocycles. The van der Waals surface area contributed by atoms with Crippen molar-refractivity contribution in [3.63, 3.8) is 0 Å². The lowest BCUT2D eigenvalue weighted by molar-refractivity contribution is -0.259. The Morgan fingerprint density at radius 3 is 2.88 bits per heavy atom. The molecule has 0 aliphatic carbocycles. The molecule has 0 spiro atoms. The molecule has 0 saturated carbocycles. The topological polar surface area (TPSA) is 68.2 Å². The number of carboxylic acid groups (broad SMARTS) is 1. The van der Waals surface area contributed by atoms with Gasteiger partial charge >= 0.3 is 5.97 Å². The van der Waals surface area contributed by atoms with Gasteiger partial charge in [-0.05, 0) is 31.1 Å². The summed E-state index contributed by atoms with van der Waals surface area (Å²) in [4.78, 5) is 16.1. The zero-order valence-corrected chi connectivity index (χ0v) is 14.6. The highest BCUT2D eigenvalue weighted by Crippen LogP contribution is 2.33. The fraction of sp³-hybridized carbons (Fsp3) is 0.471. The minimum absolute atomic E-state index is 0.235. The Morgan fingerprint density at radius 2 is 2.08 bits per heavy atom. The maximum Gasteiger partial charge on any atom is 0.303 e. The van der Waals surface area contributed by atoms with Crippen molar-refractivity contribution in [2.24, 2.45) is 0 Å². The summed E-state index contributed by atoms with van der Waals surface area (Å²) < 4.78 is 11.0. The van der Waals surface area contributed by atoms with E-state index in [1.807, 2.05) is 37.3 Å². The Kier molecular flexibility index (Phi) is 7.94. The van der Waals surface area contributed by atoms with Gasteiger partial charge in [-0.25, -0.2) is 0 Å². The van der Waals surface area contributed by atoms with Gasteiger partial charge in [0.05, 0.1) is 25.2 Å². The van der Waals surface area contributed by atoms with E-state index < -0.39 is 5.97 Å². The number of rotatable bonds is 10. The zero-order valence-electron chi connectivity index (χ0n) is 13.8. The summed E-state index contributed by atoms with van der Waals surface area (Å²) in [6.45, 7) is 3.20. The molecule has 1 N–H and O–H groups in total. The van der Waals surface area contributed by atoms with E-state index in [9.17, 15) is 4.79 Å². The third kappa shape index (κ3) is 6.43. The Morgan fingerprint density at radius 1 is 1.29 bits per heavy atom. The average molecular weight is 353 g/mol. The van der Waals surface area contributed by atoms with Gasteiger partial charge in [-0.15, -0.1) is 0 Å². The number of aliphatic carboxylic acids is 1. The minimum Gasteiger partial charge on any atom is -0.493 e. The predicted molar refractivity (Wildman–Crippen MR) is 92.8 cm³/mol. The quantitative estimate of drug-likeness (QED) is 0.498. The van der Waals surface area contributed by atoms with Crippen LogP contribution in [0.5, 0.6) is 5.75 Å². The van der Waals surface area contributed by atoms with Crippen LogP contribution in [0.15, 0.2) is 29.4 Å². The third-order valence-corrected chi connectivity index (χ3v) is 3.97. The molecule has 0 atom stereocenters. The molecule has 0 amide bonds. The maximum atomic E-state index is 10.4. The number of hydrogen-bond acceptors (Lipinski definition) is 6. The van der Waals surface area contributed by atoms with Gasteiger partial charge in [-0.1, -0.05) is 31.0 Å². The zero-order chi connectivity index (χ0) is 17.2. The molecule has 1 aromatic carbocycles. The van der Waals surface area contributed by atoms with E-state index in [4.69, 9.17) is 19.0 Å². The number of hydroxylamine groups is 2. The van der Waals surface area contributed by atoms with Crippen molar-refractivity contribution in [3.8, 4) is 5.75 Å².